The Labute approximate surface area is 96.8 Å². The van der Waals surface area contributed by atoms with Crippen LogP contribution >= 0.6 is 11.3 Å². The standard InChI is InChI=1S/C12H9FN2S/c1-7-11(15)10(6-14)16-12(7)8-3-2-4-9(13)5-8/h2-5H,15H2,1H3. The summed E-state index contributed by atoms with van der Waals surface area (Å²) < 4.78 is 13.1. The third-order valence-corrected chi connectivity index (χ3v) is 3.64. The molecule has 0 saturated carbocycles. The number of benzene rings is 1. The van der Waals surface area contributed by atoms with Gasteiger partial charge in [-0.1, -0.05) is 12.1 Å². The fraction of sp³-hybridized carbons (Fsp3) is 0.0833. The summed E-state index contributed by atoms with van der Waals surface area (Å²) in [6.07, 6.45) is 0. The molecule has 0 aliphatic carbocycles. The van der Waals surface area contributed by atoms with E-state index in [-0.39, 0.29) is 5.82 Å². The average Bonchev–Trinajstić information content (AvgIpc) is 2.56. The lowest BCUT2D eigenvalue weighted by molar-refractivity contribution is 0.628. The molecule has 2 N–H and O–H groups in total. The van der Waals surface area contributed by atoms with E-state index < -0.39 is 0 Å². The summed E-state index contributed by atoms with van der Waals surface area (Å²) >= 11 is 1.30. The van der Waals surface area contributed by atoms with Crippen LogP contribution in [0.2, 0.25) is 0 Å². The van der Waals surface area contributed by atoms with Gasteiger partial charge in [-0.05, 0) is 30.2 Å². The first-order chi connectivity index (χ1) is 7.63. The number of nitriles is 1. The van der Waals surface area contributed by atoms with Crippen LogP contribution in [0.5, 0.6) is 0 Å². The van der Waals surface area contributed by atoms with Crippen molar-refractivity contribution in [3.8, 4) is 16.5 Å². The summed E-state index contributed by atoms with van der Waals surface area (Å²) in [5.74, 6) is -0.289. The lowest BCUT2D eigenvalue weighted by Gasteiger charge is -1.99. The molecule has 0 fully saturated rings. The molecule has 4 heteroatoms. The lowest BCUT2D eigenvalue weighted by atomic mass is 10.1. The smallest absolute Gasteiger partial charge is 0.128 e. The molecule has 0 aliphatic rings. The number of halogens is 1. The second kappa shape index (κ2) is 3.95. The highest BCUT2D eigenvalue weighted by molar-refractivity contribution is 7.16. The van der Waals surface area contributed by atoms with E-state index in [4.69, 9.17) is 11.0 Å². The predicted octanol–water partition coefficient (Wildman–Crippen LogP) is 3.32. The first kappa shape index (κ1) is 10.7. The minimum atomic E-state index is -0.289. The Bertz CT molecular complexity index is 581. The molecule has 0 bridgehead atoms. The average molecular weight is 232 g/mol. The Hall–Kier alpha value is -1.86. The molecule has 1 aromatic heterocycles. The molecule has 0 unspecified atom stereocenters. The number of rotatable bonds is 1. The lowest BCUT2D eigenvalue weighted by Crippen LogP contribution is -1.87. The van der Waals surface area contributed by atoms with E-state index in [9.17, 15) is 4.39 Å². The van der Waals surface area contributed by atoms with Gasteiger partial charge in [0.1, 0.15) is 16.8 Å². The van der Waals surface area contributed by atoms with Crippen LogP contribution in [0.1, 0.15) is 10.4 Å². The second-order valence-electron chi connectivity index (χ2n) is 3.42. The van der Waals surface area contributed by atoms with Gasteiger partial charge >= 0.3 is 0 Å². The van der Waals surface area contributed by atoms with E-state index >= 15 is 0 Å². The van der Waals surface area contributed by atoms with E-state index in [1.165, 1.54) is 23.5 Å². The fourth-order valence-electron chi connectivity index (χ4n) is 1.51. The van der Waals surface area contributed by atoms with Gasteiger partial charge in [-0.3, -0.25) is 0 Å². The molecule has 0 amide bonds. The zero-order valence-electron chi connectivity index (χ0n) is 8.62. The number of anilines is 1. The number of nitrogen functional groups attached to an aromatic ring is 1. The van der Waals surface area contributed by atoms with Gasteiger partial charge in [0.15, 0.2) is 0 Å². The third kappa shape index (κ3) is 1.66. The zero-order chi connectivity index (χ0) is 11.7. The molecule has 2 rings (SSSR count). The highest BCUT2D eigenvalue weighted by Crippen LogP contribution is 2.37. The highest BCUT2D eigenvalue weighted by atomic mass is 32.1. The Balaban J connectivity index is 2.62. The van der Waals surface area contributed by atoms with E-state index in [0.29, 0.717) is 10.6 Å². The van der Waals surface area contributed by atoms with Gasteiger partial charge < -0.3 is 5.73 Å². The number of thiophene rings is 1. The van der Waals surface area contributed by atoms with Gasteiger partial charge in [0, 0.05) is 4.88 Å². The molecular weight excluding hydrogens is 223 g/mol. The minimum absolute atomic E-state index is 0.289. The van der Waals surface area contributed by atoms with E-state index in [1.54, 1.807) is 6.07 Å². The maximum atomic E-state index is 13.1. The van der Waals surface area contributed by atoms with Crippen molar-refractivity contribution in [2.75, 3.05) is 5.73 Å². The van der Waals surface area contributed by atoms with Crippen LogP contribution in [0.25, 0.3) is 10.4 Å². The van der Waals surface area contributed by atoms with Gasteiger partial charge in [-0.25, -0.2) is 4.39 Å². The van der Waals surface area contributed by atoms with Crippen molar-refractivity contribution >= 4 is 17.0 Å². The van der Waals surface area contributed by atoms with Crippen LogP contribution in [0, 0.1) is 24.1 Å². The molecule has 2 aromatic rings. The monoisotopic (exact) mass is 232 g/mol. The van der Waals surface area contributed by atoms with Crippen molar-refractivity contribution in [3.05, 3.63) is 40.5 Å². The highest BCUT2D eigenvalue weighted by Gasteiger charge is 2.13. The first-order valence-corrected chi connectivity index (χ1v) is 5.50. The van der Waals surface area contributed by atoms with E-state index in [2.05, 4.69) is 0 Å². The van der Waals surface area contributed by atoms with Crippen LogP contribution in [-0.4, -0.2) is 0 Å². The van der Waals surface area contributed by atoms with Gasteiger partial charge in [0.05, 0.1) is 5.69 Å². The van der Waals surface area contributed by atoms with Gasteiger partial charge in [-0.15, -0.1) is 11.3 Å². The first-order valence-electron chi connectivity index (χ1n) is 4.68. The number of hydrogen-bond donors (Lipinski definition) is 1. The molecule has 1 aromatic carbocycles. The van der Waals surface area contributed by atoms with Crippen molar-refractivity contribution in [2.24, 2.45) is 0 Å². The summed E-state index contributed by atoms with van der Waals surface area (Å²) in [7, 11) is 0. The van der Waals surface area contributed by atoms with Crippen molar-refractivity contribution in [1.82, 2.24) is 0 Å². The van der Waals surface area contributed by atoms with Crippen LogP contribution in [0.3, 0.4) is 0 Å². The van der Waals surface area contributed by atoms with Gasteiger partial charge in [-0.2, -0.15) is 5.26 Å². The minimum Gasteiger partial charge on any atom is -0.397 e. The quantitative estimate of drug-likeness (QED) is 0.820. The summed E-state index contributed by atoms with van der Waals surface area (Å²) in [6, 6.07) is 8.33. The predicted molar refractivity (Wildman–Crippen MR) is 63.6 cm³/mol. The third-order valence-electron chi connectivity index (χ3n) is 2.38. The number of hydrogen-bond acceptors (Lipinski definition) is 3. The molecular formula is C12H9FN2S. The number of nitrogens with zero attached hydrogens (tertiary/aromatic N) is 1. The van der Waals surface area contributed by atoms with Crippen molar-refractivity contribution in [3.63, 3.8) is 0 Å². The summed E-state index contributed by atoms with van der Waals surface area (Å²) in [5, 5.41) is 8.86. The molecule has 2 nitrogen and oxygen atoms in total. The molecule has 0 aliphatic heterocycles. The SMILES string of the molecule is Cc1c(-c2cccc(F)c2)sc(C#N)c1N. The fourth-order valence-corrected chi connectivity index (χ4v) is 2.54. The van der Waals surface area contributed by atoms with Crippen molar-refractivity contribution in [1.29, 1.82) is 5.26 Å². The molecule has 0 atom stereocenters. The summed E-state index contributed by atoms with van der Waals surface area (Å²) in [5.41, 5.74) is 7.88. The zero-order valence-corrected chi connectivity index (χ0v) is 9.44. The van der Waals surface area contributed by atoms with Crippen LogP contribution < -0.4 is 5.73 Å². The summed E-state index contributed by atoms with van der Waals surface area (Å²) in [6.45, 7) is 1.84. The normalized spacial score (nSPS) is 10.1. The Morgan fingerprint density at radius 1 is 1.44 bits per heavy atom. The van der Waals surface area contributed by atoms with Crippen LogP contribution in [0.15, 0.2) is 24.3 Å². The van der Waals surface area contributed by atoms with E-state index in [0.717, 1.165) is 16.0 Å². The van der Waals surface area contributed by atoms with Gasteiger partial charge in [0.25, 0.3) is 0 Å². The van der Waals surface area contributed by atoms with Gasteiger partial charge in [0.2, 0.25) is 0 Å². The Morgan fingerprint density at radius 2 is 2.19 bits per heavy atom. The second-order valence-corrected chi connectivity index (χ2v) is 4.44. The number of nitrogens with two attached hydrogens (primary N) is 1. The topological polar surface area (TPSA) is 49.8 Å². The molecule has 0 spiro atoms. The molecule has 0 saturated heterocycles. The van der Waals surface area contributed by atoms with Crippen LogP contribution in [-0.2, 0) is 0 Å². The molecule has 0 radical (unpaired) electrons. The maximum absolute atomic E-state index is 13.1. The maximum Gasteiger partial charge on any atom is 0.128 e. The van der Waals surface area contributed by atoms with E-state index in [1.807, 2.05) is 19.1 Å². The van der Waals surface area contributed by atoms with Crippen LogP contribution in [0.4, 0.5) is 10.1 Å². The van der Waals surface area contributed by atoms with Crippen molar-refractivity contribution < 1.29 is 4.39 Å². The summed E-state index contributed by atoms with van der Waals surface area (Å²) in [4.78, 5) is 1.34. The largest absolute Gasteiger partial charge is 0.397 e. The molecule has 1 heterocycles. The molecule has 80 valence electrons. The Kier molecular flexibility index (Phi) is 2.63. The molecule has 16 heavy (non-hydrogen) atoms. The Morgan fingerprint density at radius 3 is 2.75 bits per heavy atom. The van der Waals surface area contributed by atoms with Crippen molar-refractivity contribution in [2.45, 2.75) is 6.92 Å².